The zero-order valence-electron chi connectivity index (χ0n) is 11.5. The molecule has 2 aromatic rings. The Hall–Kier alpha value is -1.60. The molecule has 1 nitrogen and oxygen atoms in total. The zero-order chi connectivity index (χ0) is 13.0. The summed E-state index contributed by atoms with van der Waals surface area (Å²) >= 11 is 0. The van der Waals surface area contributed by atoms with Crippen molar-refractivity contribution in [2.24, 2.45) is 0 Å². The molecule has 0 fully saturated rings. The van der Waals surface area contributed by atoms with E-state index in [9.17, 15) is 0 Å². The molecule has 2 rings (SSSR count). The van der Waals surface area contributed by atoms with Crippen molar-refractivity contribution in [1.29, 1.82) is 0 Å². The van der Waals surface area contributed by atoms with Crippen molar-refractivity contribution in [3.05, 3.63) is 59.2 Å². The molecule has 0 unspecified atom stereocenters. The first-order valence-corrected chi connectivity index (χ1v) is 6.58. The monoisotopic (exact) mass is 239 g/mol. The van der Waals surface area contributed by atoms with E-state index in [1.807, 2.05) is 0 Å². The second-order valence-electron chi connectivity index (χ2n) is 4.76. The Morgan fingerprint density at radius 1 is 0.944 bits per heavy atom. The molecule has 0 aromatic heterocycles. The van der Waals surface area contributed by atoms with E-state index in [1.54, 1.807) is 0 Å². The van der Waals surface area contributed by atoms with Gasteiger partial charge in [-0.3, -0.25) is 0 Å². The normalized spacial score (nSPS) is 10.6. The van der Waals surface area contributed by atoms with E-state index >= 15 is 0 Å². The second-order valence-corrected chi connectivity index (χ2v) is 4.76. The molecule has 94 valence electrons. The van der Waals surface area contributed by atoms with Gasteiger partial charge in [0.25, 0.3) is 0 Å². The molecular weight excluding hydrogens is 218 g/mol. The van der Waals surface area contributed by atoms with Crippen molar-refractivity contribution in [2.45, 2.75) is 27.3 Å². The first kappa shape index (κ1) is 12.8. The molecule has 0 heterocycles. The van der Waals surface area contributed by atoms with Crippen LogP contribution in [-0.4, -0.2) is 6.54 Å². The van der Waals surface area contributed by atoms with Crippen LogP contribution in [0.1, 0.15) is 23.6 Å². The lowest BCUT2D eigenvalue weighted by Crippen LogP contribution is -2.12. The molecule has 0 saturated carbocycles. The van der Waals surface area contributed by atoms with Gasteiger partial charge < -0.3 is 5.32 Å². The highest BCUT2D eigenvalue weighted by Gasteiger charge is 2.06. The molecule has 0 spiro atoms. The Bertz CT molecular complexity index is 529. The fourth-order valence-electron chi connectivity index (χ4n) is 2.31. The molecule has 0 aliphatic rings. The van der Waals surface area contributed by atoms with Crippen LogP contribution in [0.15, 0.2) is 42.5 Å². The van der Waals surface area contributed by atoms with E-state index in [-0.39, 0.29) is 0 Å². The van der Waals surface area contributed by atoms with Gasteiger partial charge >= 0.3 is 0 Å². The Morgan fingerprint density at radius 3 is 2.44 bits per heavy atom. The fourth-order valence-corrected chi connectivity index (χ4v) is 2.31. The summed E-state index contributed by atoms with van der Waals surface area (Å²) in [6, 6.07) is 15.3. The highest BCUT2D eigenvalue weighted by Crippen LogP contribution is 2.27. The van der Waals surface area contributed by atoms with Crippen LogP contribution in [0.2, 0.25) is 0 Å². The number of aryl methyl sites for hydroxylation is 2. The third-order valence-corrected chi connectivity index (χ3v) is 3.25. The molecule has 2 aromatic carbocycles. The third-order valence-electron chi connectivity index (χ3n) is 3.25. The van der Waals surface area contributed by atoms with Crippen molar-refractivity contribution < 1.29 is 0 Å². The number of hydrogen-bond acceptors (Lipinski definition) is 1. The summed E-state index contributed by atoms with van der Waals surface area (Å²) in [6.45, 7) is 8.40. The van der Waals surface area contributed by atoms with Gasteiger partial charge in [0.15, 0.2) is 0 Å². The average molecular weight is 239 g/mol. The van der Waals surface area contributed by atoms with E-state index in [1.165, 1.54) is 27.8 Å². The van der Waals surface area contributed by atoms with Gasteiger partial charge in [0, 0.05) is 6.54 Å². The maximum Gasteiger partial charge on any atom is 0.0211 e. The molecule has 0 aliphatic heterocycles. The van der Waals surface area contributed by atoms with Gasteiger partial charge in [-0.1, -0.05) is 55.0 Å². The maximum atomic E-state index is 3.41. The molecule has 0 radical (unpaired) electrons. The van der Waals surface area contributed by atoms with Crippen LogP contribution in [0.4, 0.5) is 0 Å². The van der Waals surface area contributed by atoms with Crippen molar-refractivity contribution in [1.82, 2.24) is 5.32 Å². The summed E-state index contributed by atoms with van der Waals surface area (Å²) in [5, 5.41) is 3.41. The SMILES string of the molecule is CCNCc1ccccc1-c1ccc(C)cc1C. The van der Waals surface area contributed by atoms with Gasteiger partial charge in [-0.25, -0.2) is 0 Å². The zero-order valence-corrected chi connectivity index (χ0v) is 11.5. The van der Waals surface area contributed by atoms with Gasteiger partial charge in [0.2, 0.25) is 0 Å². The van der Waals surface area contributed by atoms with Crippen molar-refractivity contribution >= 4 is 0 Å². The van der Waals surface area contributed by atoms with E-state index < -0.39 is 0 Å². The van der Waals surface area contributed by atoms with Crippen LogP contribution >= 0.6 is 0 Å². The molecule has 0 aliphatic carbocycles. The van der Waals surface area contributed by atoms with Crippen LogP contribution < -0.4 is 5.32 Å². The van der Waals surface area contributed by atoms with Crippen LogP contribution in [0, 0.1) is 13.8 Å². The Morgan fingerprint density at radius 2 is 1.72 bits per heavy atom. The number of rotatable bonds is 4. The molecule has 1 N–H and O–H groups in total. The topological polar surface area (TPSA) is 12.0 Å². The summed E-state index contributed by atoms with van der Waals surface area (Å²) in [6.07, 6.45) is 0. The first-order valence-electron chi connectivity index (χ1n) is 6.58. The van der Waals surface area contributed by atoms with Crippen molar-refractivity contribution in [3.63, 3.8) is 0 Å². The number of hydrogen-bond donors (Lipinski definition) is 1. The van der Waals surface area contributed by atoms with Gasteiger partial charge in [-0.05, 0) is 42.6 Å². The Labute approximate surface area is 110 Å². The van der Waals surface area contributed by atoms with E-state index in [4.69, 9.17) is 0 Å². The average Bonchev–Trinajstić information content (AvgIpc) is 2.37. The van der Waals surface area contributed by atoms with Crippen molar-refractivity contribution in [3.8, 4) is 11.1 Å². The predicted octanol–water partition coefficient (Wildman–Crippen LogP) is 4.08. The van der Waals surface area contributed by atoms with Gasteiger partial charge in [-0.15, -0.1) is 0 Å². The van der Waals surface area contributed by atoms with Gasteiger partial charge in [0.1, 0.15) is 0 Å². The smallest absolute Gasteiger partial charge is 0.0211 e. The molecule has 0 bridgehead atoms. The molecule has 0 amide bonds. The third kappa shape index (κ3) is 2.80. The summed E-state index contributed by atoms with van der Waals surface area (Å²) < 4.78 is 0. The predicted molar refractivity (Wildman–Crippen MR) is 78.7 cm³/mol. The van der Waals surface area contributed by atoms with Crippen LogP contribution in [0.5, 0.6) is 0 Å². The lowest BCUT2D eigenvalue weighted by molar-refractivity contribution is 0.728. The summed E-state index contributed by atoms with van der Waals surface area (Å²) in [5.41, 5.74) is 6.72. The van der Waals surface area contributed by atoms with Crippen molar-refractivity contribution in [2.75, 3.05) is 6.54 Å². The van der Waals surface area contributed by atoms with Gasteiger partial charge in [-0.2, -0.15) is 0 Å². The first-order chi connectivity index (χ1) is 8.72. The quantitative estimate of drug-likeness (QED) is 0.847. The largest absolute Gasteiger partial charge is 0.313 e. The molecule has 1 heteroatoms. The summed E-state index contributed by atoms with van der Waals surface area (Å²) in [7, 11) is 0. The van der Waals surface area contributed by atoms with Gasteiger partial charge in [0.05, 0.1) is 0 Å². The second kappa shape index (κ2) is 5.83. The number of benzene rings is 2. The maximum absolute atomic E-state index is 3.41. The van der Waals surface area contributed by atoms with E-state index in [0.717, 1.165) is 13.1 Å². The number of nitrogens with one attached hydrogen (secondary N) is 1. The lowest BCUT2D eigenvalue weighted by atomic mass is 9.95. The van der Waals surface area contributed by atoms with Crippen LogP contribution in [-0.2, 0) is 6.54 Å². The Balaban J connectivity index is 2.43. The minimum absolute atomic E-state index is 0.931. The lowest BCUT2D eigenvalue weighted by Gasteiger charge is -2.13. The highest BCUT2D eigenvalue weighted by atomic mass is 14.8. The van der Waals surface area contributed by atoms with E-state index in [2.05, 4.69) is 68.6 Å². The minimum Gasteiger partial charge on any atom is -0.313 e. The van der Waals surface area contributed by atoms with E-state index in [0.29, 0.717) is 0 Å². The molecule has 18 heavy (non-hydrogen) atoms. The summed E-state index contributed by atoms with van der Waals surface area (Å²) in [5.74, 6) is 0. The molecule has 0 saturated heterocycles. The minimum atomic E-state index is 0.931. The highest BCUT2D eigenvalue weighted by molar-refractivity contribution is 5.70. The molecule has 0 atom stereocenters. The van der Waals surface area contributed by atoms with Crippen LogP contribution in [0.3, 0.4) is 0 Å². The fraction of sp³-hybridized carbons (Fsp3) is 0.294. The standard InChI is InChI=1S/C17H21N/c1-4-18-12-15-7-5-6-8-17(15)16-10-9-13(2)11-14(16)3/h5-11,18H,4,12H2,1-3H3. The summed E-state index contributed by atoms with van der Waals surface area (Å²) in [4.78, 5) is 0. The Kier molecular flexibility index (Phi) is 4.16. The molecular formula is C17H21N. The van der Waals surface area contributed by atoms with Crippen LogP contribution in [0.25, 0.3) is 11.1 Å².